The van der Waals surface area contributed by atoms with Gasteiger partial charge in [-0.15, -0.1) is 0 Å². The Morgan fingerprint density at radius 1 is 1.15 bits per heavy atom. The number of nitrogens with zero attached hydrogens (tertiary/aromatic N) is 1. The number of oxazole rings is 1. The molecule has 3 aromatic rings. The minimum atomic E-state index is -0.548. The second kappa shape index (κ2) is 6.59. The molecular formula is C19H18N2O5. The van der Waals surface area contributed by atoms with Crippen LogP contribution in [0.3, 0.4) is 0 Å². The van der Waals surface area contributed by atoms with Crippen LogP contribution in [0.5, 0.6) is 11.5 Å². The van der Waals surface area contributed by atoms with Crippen molar-refractivity contribution >= 4 is 17.0 Å². The van der Waals surface area contributed by atoms with E-state index < -0.39 is 5.76 Å². The number of rotatable bonds is 4. The highest BCUT2D eigenvalue weighted by atomic mass is 16.6. The maximum Gasteiger partial charge on any atom is 0.420 e. The maximum atomic E-state index is 12.4. The van der Waals surface area contributed by atoms with Gasteiger partial charge in [-0.05, 0) is 36.8 Å². The lowest BCUT2D eigenvalue weighted by atomic mass is 10.1. The molecule has 7 heteroatoms. The van der Waals surface area contributed by atoms with Gasteiger partial charge in [-0.2, -0.15) is 0 Å². The van der Waals surface area contributed by atoms with Crippen LogP contribution in [0.1, 0.15) is 18.5 Å². The van der Waals surface area contributed by atoms with Crippen molar-refractivity contribution < 1.29 is 18.7 Å². The van der Waals surface area contributed by atoms with E-state index in [4.69, 9.17) is 13.9 Å². The predicted molar refractivity (Wildman–Crippen MR) is 94.5 cm³/mol. The number of carbonyl (C=O) groups excluding carboxylic acids is 1. The van der Waals surface area contributed by atoms with Gasteiger partial charge in [-0.25, -0.2) is 4.79 Å². The SMILES string of the molecule is C[C@@H](NC(=O)Cn1c(=O)oc2ccccc21)c1ccc2c(c1)OCCO2. The first kappa shape index (κ1) is 16.3. The van der Waals surface area contributed by atoms with Crippen LogP contribution in [-0.2, 0) is 11.3 Å². The Bertz CT molecular complexity index is 1020. The Morgan fingerprint density at radius 2 is 1.92 bits per heavy atom. The number of benzene rings is 2. The van der Waals surface area contributed by atoms with Crippen molar-refractivity contribution in [1.29, 1.82) is 0 Å². The molecule has 2 aromatic carbocycles. The molecule has 0 aliphatic carbocycles. The molecule has 0 unspecified atom stereocenters. The van der Waals surface area contributed by atoms with E-state index in [9.17, 15) is 9.59 Å². The summed E-state index contributed by atoms with van der Waals surface area (Å²) in [6.07, 6.45) is 0. The highest BCUT2D eigenvalue weighted by molar-refractivity contribution is 5.79. The Hall–Kier alpha value is -3.22. The molecule has 26 heavy (non-hydrogen) atoms. The highest BCUT2D eigenvalue weighted by Gasteiger charge is 2.17. The molecule has 1 aliphatic heterocycles. The highest BCUT2D eigenvalue weighted by Crippen LogP contribution is 2.32. The van der Waals surface area contributed by atoms with E-state index in [1.165, 1.54) is 4.57 Å². The zero-order valence-corrected chi connectivity index (χ0v) is 14.2. The van der Waals surface area contributed by atoms with Gasteiger partial charge in [-0.3, -0.25) is 9.36 Å². The quantitative estimate of drug-likeness (QED) is 0.777. The first-order valence-electron chi connectivity index (χ1n) is 8.39. The normalized spacial score (nSPS) is 14.2. The number of nitrogens with one attached hydrogen (secondary N) is 1. The summed E-state index contributed by atoms with van der Waals surface area (Å²) < 4.78 is 17.5. The zero-order valence-electron chi connectivity index (χ0n) is 14.2. The van der Waals surface area contributed by atoms with Crippen LogP contribution in [0.15, 0.2) is 51.7 Å². The number of carbonyl (C=O) groups is 1. The standard InChI is InChI=1S/C19H18N2O5/c1-12(13-6-7-16-17(10-13)25-9-8-24-16)20-18(22)11-21-14-4-2-3-5-15(14)26-19(21)23/h2-7,10,12H,8-9,11H2,1H3,(H,20,22)/t12-/m1/s1. The van der Waals surface area contributed by atoms with Crippen LogP contribution >= 0.6 is 0 Å². The zero-order chi connectivity index (χ0) is 18.1. The van der Waals surface area contributed by atoms with Gasteiger partial charge in [0.1, 0.15) is 19.8 Å². The number of hydrogen-bond acceptors (Lipinski definition) is 5. The second-order valence-corrected chi connectivity index (χ2v) is 6.11. The smallest absolute Gasteiger partial charge is 0.420 e. The molecule has 1 amide bonds. The Balaban J connectivity index is 1.49. The molecule has 1 aromatic heterocycles. The third-order valence-corrected chi connectivity index (χ3v) is 4.32. The van der Waals surface area contributed by atoms with Gasteiger partial charge in [-0.1, -0.05) is 18.2 Å². The number of para-hydroxylation sites is 2. The lowest BCUT2D eigenvalue weighted by Gasteiger charge is -2.21. The number of ether oxygens (including phenoxy) is 2. The van der Waals surface area contributed by atoms with Gasteiger partial charge >= 0.3 is 5.76 Å². The molecule has 7 nitrogen and oxygen atoms in total. The minimum absolute atomic E-state index is 0.106. The molecule has 4 rings (SSSR count). The van der Waals surface area contributed by atoms with Crippen LogP contribution in [0.25, 0.3) is 11.1 Å². The molecule has 134 valence electrons. The van der Waals surface area contributed by atoms with Crippen LogP contribution in [0.4, 0.5) is 0 Å². The number of aromatic nitrogens is 1. The second-order valence-electron chi connectivity index (χ2n) is 6.11. The first-order chi connectivity index (χ1) is 12.6. The summed E-state index contributed by atoms with van der Waals surface area (Å²) in [6.45, 7) is 2.81. The summed E-state index contributed by atoms with van der Waals surface area (Å²) in [5.41, 5.74) is 1.96. The monoisotopic (exact) mass is 354 g/mol. The average molecular weight is 354 g/mol. The summed E-state index contributed by atoms with van der Waals surface area (Å²) in [5.74, 6) is 0.552. The van der Waals surface area contributed by atoms with E-state index in [1.54, 1.807) is 24.3 Å². The summed E-state index contributed by atoms with van der Waals surface area (Å²) in [6, 6.07) is 12.4. The van der Waals surface area contributed by atoms with Crippen LogP contribution in [0, 0.1) is 0 Å². The van der Waals surface area contributed by atoms with Crippen molar-refractivity contribution in [3.8, 4) is 11.5 Å². The summed E-state index contributed by atoms with van der Waals surface area (Å²) in [5, 5.41) is 2.90. The number of amides is 1. The fourth-order valence-electron chi connectivity index (χ4n) is 3.01. The predicted octanol–water partition coefficient (Wildman–Crippen LogP) is 2.24. The van der Waals surface area contributed by atoms with Crippen LogP contribution in [0.2, 0.25) is 0 Å². The lowest BCUT2D eigenvalue weighted by molar-refractivity contribution is -0.122. The summed E-state index contributed by atoms with van der Waals surface area (Å²) >= 11 is 0. The number of hydrogen-bond donors (Lipinski definition) is 1. The Labute approximate surface area is 149 Å². The van der Waals surface area contributed by atoms with Crippen molar-refractivity contribution in [2.45, 2.75) is 19.5 Å². The molecule has 0 saturated carbocycles. The minimum Gasteiger partial charge on any atom is -0.486 e. The largest absolute Gasteiger partial charge is 0.486 e. The van der Waals surface area contributed by atoms with Gasteiger partial charge in [0.2, 0.25) is 5.91 Å². The molecule has 0 fully saturated rings. The molecule has 1 N–H and O–H groups in total. The molecule has 1 aliphatic rings. The average Bonchev–Trinajstić information content (AvgIpc) is 2.96. The molecular weight excluding hydrogens is 336 g/mol. The van der Waals surface area contributed by atoms with Crippen molar-refractivity contribution in [2.75, 3.05) is 13.2 Å². The van der Waals surface area contributed by atoms with Gasteiger partial charge in [0.05, 0.1) is 11.6 Å². The van der Waals surface area contributed by atoms with Crippen molar-refractivity contribution in [3.05, 3.63) is 58.6 Å². The van der Waals surface area contributed by atoms with Crippen LogP contribution in [-0.4, -0.2) is 23.7 Å². The van der Waals surface area contributed by atoms with Gasteiger partial charge in [0.25, 0.3) is 0 Å². The fraction of sp³-hybridized carbons (Fsp3) is 0.263. The maximum absolute atomic E-state index is 12.4. The molecule has 0 saturated heterocycles. The lowest BCUT2D eigenvalue weighted by Crippen LogP contribution is -2.32. The third-order valence-electron chi connectivity index (χ3n) is 4.32. The van der Waals surface area contributed by atoms with E-state index in [-0.39, 0.29) is 18.5 Å². The van der Waals surface area contributed by atoms with Crippen molar-refractivity contribution in [2.24, 2.45) is 0 Å². The first-order valence-corrected chi connectivity index (χ1v) is 8.39. The molecule has 2 heterocycles. The van der Waals surface area contributed by atoms with Gasteiger partial charge < -0.3 is 19.2 Å². The topological polar surface area (TPSA) is 82.7 Å². The number of fused-ring (bicyclic) bond motifs is 2. The fourth-order valence-corrected chi connectivity index (χ4v) is 3.01. The van der Waals surface area contributed by atoms with Crippen molar-refractivity contribution in [3.63, 3.8) is 0 Å². The Kier molecular flexibility index (Phi) is 4.12. The van der Waals surface area contributed by atoms with E-state index in [1.807, 2.05) is 25.1 Å². The Morgan fingerprint density at radius 3 is 2.77 bits per heavy atom. The molecule has 0 spiro atoms. The van der Waals surface area contributed by atoms with Gasteiger partial charge in [0, 0.05) is 0 Å². The van der Waals surface area contributed by atoms with E-state index in [0.29, 0.717) is 35.8 Å². The third kappa shape index (κ3) is 3.03. The molecule has 0 bridgehead atoms. The van der Waals surface area contributed by atoms with Crippen LogP contribution < -0.4 is 20.5 Å². The van der Waals surface area contributed by atoms with E-state index in [2.05, 4.69) is 5.32 Å². The molecule has 0 radical (unpaired) electrons. The summed E-state index contributed by atoms with van der Waals surface area (Å²) in [4.78, 5) is 24.4. The van der Waals surface area contributed by atoms with Gasteiger partial charge in [0.15, 0.2) is 17.1 Å². The summed E-state index contributed by atoms with van der Waals surface area (Å²) in [7, 11) is 0. The van der Waals surface area contributed by atoms with Crippen molar-refractivity contribution in [1.82, 2.24) is 9.88 Å². The van der Waals surface area contributed by atoms with E-state index in [0.717, 1.165) is 5.56 Å². The molecule has 1 atom stereocenters. The van der Waals surface area contributed by atoms with E-state index >= 15 is 0 Å².